The third-order valence-electron chi connectivity index (χ3n) is 3.01. The number of rotatable bonds is 3. The van der Waals surface area contributed by atoms with Crippen LogP contribution in [0.1, 0.15) is 31.4 Å². The van der Waals surface area contributed by atoms with E-state index < -0.39 is 0 Å². The maximum atomic E-state index is 8.88. The molecular weight excluding hydrogens is 224 g/mol. The summed E-state index contributed by atoms with van der Waals surface area (Å²) in [4.78, 5) is 8.08. The van der Waals surface area contributed by atoms with Crippen molar-refractivity contribution >= 4 is 17.2 Å². The lowest BCUT2D eigenvalue weighted by molar-refractivity contribution is 0.251. The van der Waals surface area contributed by atoms with Gasteiger partial charge in [-0.2, -0.15) is 0 Å². The molecule has 0 bridgehead atoms. The molecule has 0 aliphatic heterocycles. The van der Waals surface area contributed by atoms with Gasteiger partial charge in [0.15, 0.2) is 0 Å². The van der Waals surface area contributed by atoms with Crippen molar-refractivity contribution in [1.82, 2.24) is 9.97 Å². The van der Waals surface area contributed by atoms with Crippen molar-refractivity contribution in [1.29, 1.82) is 0 Å². The van der Waals surface area contributed by atoms with E-state index in [9.17, 15) is 0 Å². The molecule has 1 heterocycles. The minimum Gasteiger partial charge on any atom is -0.396 e. The molecule has 0 spiro atoms. The lowest BCUT2D eigenvalue weighted by Crippen LogP contribution is -2.07. The van der Waals surface area contributed by atoms with E-state index in [0.717, 1.165) is 31.4 Å². The molecule has 1 aromatic heterocycles. The molecule has 86 valence electrons. The largest absolute Gasteiger partial charge is 0.396 e. The van der Waals surface area contributed by atoms with Gasteiger partial charge in [-0.1, -0.05) is 6.08 Å². The van der Waals surface area contributed by atoms with Gasteiger partial charge in [0.25, 0.3) is 0 Å². The maximum absolute atomic E-state index is 8.88. The van der Waals surface area contributed by atoms with Crippen LogP contribution in [0.3, 0.4) is 0 Å². The molecule has 0 radical (unpaired) electrons. The third kappa shape index (κ3) is 2.80. The fourth-order valence-corrected chi connectivity index (χ4v) is 2.23. The second-order valence-electron chi connectivity index (χ2n) is 4.09. The summed E-state index contributed by atoms with van der Waals surface area (Å²) in [6, 6.07) is 1.89. The first kappa shape index (κ1) is 11.6. The predicted molar refractivity (Wildman–Crippen MR) is 64.1 cm³/mol. The van der Waals surface area contributed by atoms with Gasteiger partial charge >= 0.3 is 0 Å². The van der Waals surface area contributed by atoms with Gasteiger partial charge in [0.05, 0.1) is 5.69 Å². The summed E-state index contributed by atoms with van der Waals surface area (Å²) in [6.45, 7) is 0.285. The van der Waals surface area contributed by atoms with Crippen molar-refractivity contribution in [2.75, 3.05) is 6.61 Å². The molecule has 0 aromatic carbocycles. The molecule has 1 unspecified atom stereocenters. The smallest absolute Gasteiger partial charge is 0.222 e. The number of nitrogens with zero attached hydrogens (tertiary/aromatic N) is 2. The van der Waals surface area contributed by atoms with Gasteiger partial charge in [0.1, 0.15) is 0 Å². The number of hydrogen-bond acceptors (Lipinski definition) is 3. The number of allylic oxidation sites excluding steroid dienone is 2. The SMILES string of the molecule is OCCC1CC=C(c2ccnc(Cl)n2)CC1. The first-order chi connectivity index (χ1) is 7.79. The molecule has 1 aliphatic rings. The number of aliphatic hydroxyl groups excluding tert-OH is 1. The fraction of sp³-hybridized carbons (Fsp3) is 0.500. The van der Waals surface area contributed by atoms with E-state index in [0.29, 0.717) is 11.2 Å². The Kier molecular flexibility index (Phi) is 3.91. The van der Waals surface area contributed by atoms with Crippen LogP contribution in [-0.2, 0) is 0 Å². The molecular formula is C12H15ClN2O. The molecule has 1 atom stereocenters. The van der Waals surface area contributed by atoms with Crippen LogP contribution < -0.4 is 0 Å². The Bertz CT molecular complexity index is 392. The van der Waals surface area contributed by atoms with E-state index in [2.05, 4.69) is 16.0 Å². The van der Waals surface area contributed by atoms with Crippen LogP contribution in [0.2, 0.25) is 5.28 Å². The van der Waals surface area contributed by atoms with Crippen molar-refractivity contribution in [3.8, 4) is 0 Å². The Hall–Kier alpha value is -0.930. The van der Waals surface area contributed by atoms with Gasteiger partial charge in [-0.3, -0.25) is 0 Å². The van der Waals surface area contributed by atoms with Crippen LogP contribution in [-0.4, -0.2) is 21.7 Å². The van der Waals surface area contributed by atoms with Gasteiger partial charge in [0.2, 0.25) is 5.28 Å². The fourth-order valence-electron chi connectivity index (χ4n) is 2.08. The molecule has 0 saturated heterocycles. The lowest BCUT2D eigenvalue weighted by Gasteiger charge is -2.20. The van der Waals surface area contributed by atoms with E-state index in [1.165, 1.54) is 5.57 Å². The first-order valence-electron chi connectivity index (χ1n) is 5.58. The van der Waals surface area contributed by atoms with Gasteiger partial charge in [0, 0.05) is 12.8 Å². The molecule has 0 saturated carbocycles. The zero-order chi connectivity index (χ0) is 11.4. The van der Waals surface area contributed by atoms with Gasteiger partial charge in [-0.15, -0.1) is 0 Å². The van der Waals surface area contributed by atoms with Gasteiger partial charge in [-0.25, -0.2) is 9.97 Å². The lowest BCUT2D eigenvalue weighted by atomic mass is 9.86. The Morgan fingerprint density at radius 3 is 3.00 bits per heavy atom. The second-order valence-corrected chi connectivity index (χ2v) is 4.43. The zero-order valence-corrected chi connectivity index (χ0v) is 9.82. The van der Waals surface area contributed by atoms with Crippen molar-refractivity contribution < 1.29 is 5.11 Å². The predicted octanol–water partition coefficient (Wildman–Crippen LogP) is 2.70. The molecule has 1 N–H and O–H groups in total. The van der Waals surface area contributed by atoms with Crippen LogP contribution in [0.5, 0.6) is 0 Å². The summed E-state index contributed by atoms with van der Waals surface area (Å²) in [5, 5.41) is 9.18. The summed E-state index contributed by atoms with van der Waals surface area (Å²) in [6.07, 6.45) is 7.95. The highest BCUT2D eigenvalue weighted by atomic mass is 35.5. The quantitative estimate of drug-likeness (QED) is 0.824. The Morgan fingerprint density at radius 1 is 1.50 bits per heavy atom. The second kappa shape index (κ2) is 5.41. The average Bonchev–Trinajstić information content (AvgIpc) is 2.30. The van der Waals surface area contributed by atoms with Crippen LogP contribution in [0.15, 0.2) is 18.3 Å². The Balaban J connectivity index is 2.07. The van der Waals surface area contributed by atoms with Crippen molar-refractivity contribution in [3.05, 3.63) is 29.3 Å². The Morgan fingerprint density at radius 2 is 2.38 bits per heavy atom. The molecule has 16 heavy (non-hydrogen) atoms. The summed E-state index contributed by atoms with van der Waals surface area (Å²) >= 11 is 5.76. The van der Waals surface area contributed by atoms with Crippen molar-refractivity contribution in [3.63, 3.8) is 0 Å². The van der Waals surface area contributed by atoms with E-state index >= 15 is 0 Å². The van der Waals surface area contributed by atoms with Gasteiger partial charge in [-0.05, 0) is 54.8 Å². The van der Waals surface area contributed by atoms with Crippen LogP contribution in [0.4, 0.5) is 0 Å². The van der Waals surface area contributed by atoms with E-state index in [1.54, 1.807) is 6.20 Å². The highest BCUT2D eigenvalue weighted by molar-refractivity contribution is 6.28. The van der Waals surface area contributed by atoms with Crippen LogP contribution in [0.25, 0.3) is 5.57 Å². The summed E-state index contributed by atoms with van der Waals surface area (Å²) < 4.78 is 0. The standard InChI is InChI=1S/C12H15ClN2O/c13-12-14-7-5-11(15-12)10-3-1-9(2-4-10)6-8-16/h3,5,7,9,16H,1-2,4,6,8H2. The number of aliphatic hydroxyl groups is 1. The number of hydrogen-bond donors (Lipinski definition) is 1. The molecule has 2 rings (SSSR count). The minimum absolute atomic E-state index is 0.285. The van der Waals surface area contributed by atoms with Crippen LogP contribution >= 0.6 is 11.6 Å². The Labute approximate surface area is 100 Å². The molecule has 0 fully saturated rings. The maximum Gasteiger partial charge on any atom is 0.222 e. The molecule has 0 amide bonds. The van der Waals surface area contributed by atoms with Crippen molar-refractivity contribution in [2.45, 2.75) is 25.7 Å². The topological polar surface area (TPSA) is 46.0 Å². The summed E-state index contributed by atoms with van der Waals surface area (Å²) in [5.41, 5.74) is 2.18. The molecule has 3 nitrogen and oxygen atoms in total. The average molecular weight is 239 g/mol. The summed E-state index contributed by atoms with van der Waals surface area (Å²) in [5.74, 6) is 0.617. The zero-order valence-electron chi connectivity index (χ0n) is 9.06. The van der Waals surface area contributed by atoms with Crippen molar-refractivity contribution in [2.24, 2.45) is 5.92 Å². The highest BCUT2D eigenvalue weighted by Crippen LogP contribution is 2.30. The third-order valence-corrected chi connectivity index (χ3v) is 3.19. The monoisotopic (exact) mass is 238 g/mol. The first-order valence-corrected chi connectivity index (χ1v) is 5.96. The molecule has 1 aliphatic carbocycles. The molecule has 1 aromatic rings. The highest BCUT2D eigenvalue weighted by Gasteiger charge is 2.15. The summed E-state index contributed by atoms with van der Waals surface area (Å²) in [7, 11) is 0. The number of halogens is 1. The van der Waals surface area contributed by atoms with E-state index in [1.807, 2.05) is 6.07 Å². The van der Waals surface area contributed by atoms with Gasteiger partial charge < -0.3 is 5.11 Å². The van der Waals surface area contributed by atoms with E-state index in [4.69, 9.17) is 16.7 Å². The molecule has 4 heteroatoms. The van der Waals surface area contributed by atoms with Crippen LogP contribution in [0, 0.1) is 5.92 Å². The normalized spacial score (nSPS) is 20.6. The number of aromatic nitrogens is 2. The minimum atomic E-state index is 0.285. The van der Waals surface area contributed by atoms with E-state index in [-0.39, 0.29) is 6.61 Å².